The van der Waals surface area contributed by atoms with Gasteiger partial charge in [-0.15, -0.1) is 5.10 Å². The van der Waals surface area contributed by atoms with Crippen LogP contribution in [0.4, 0.5) is 10.1 Å². The molecule has 34 heavy (non-hydrogen) atoms. The number of halogens is 1. The molecule has 3 saturated heterocycles. The summed E-state index contributed by atoms with van der Waals surface area (Å²) in [5.74, 6) is 0.296. The SMILES string of the molecule is O=C(Cc1nnn[nH]1)N1CCC2(CC1)C[C@H](CCN1CCN(c3ccc(F)cc3)CC1)NC2O. The van der Waals surface area contributed by atoms with Crippen molar-refractivity contribution in [3.8, 4) is 0 Å². The van der Waals surface area contributed by atoms with Gasteiger partial charge in [0.1, 0.15) is 12.0 Å². The van der Waals surface area contributed by atoms with Crippen LogP contribution in [0.15, 0.2) is 24.3 Å². The highest BCUT2D eigenvalue weighted by atomic mass is 19.1. The van der Waals surface area contributed by atoms with Crippen molar-refractivity contribution in [2.75, 3.05) is 50.7 Å². The van der Waals surface area contributed by atoms with Crippen molar-refractivity contribution in [2.45, 2.75) is 44.4 Å². The molecule has 3 N–H and O–H groups in total. The predicted molar refractivity (Wildman–Crippen MR) is 123 cm³/mol. The lowest BCUT2D eigenvalue weighted by atomic mass is 9.75. The smallest absolute Gasteiger partial charge is 0.230 e. The first kappa shape index (κ1) is 23.1. The zero-order chi connectivity index (χ0) is 23.5. The number of aromatic nitrogens is 4. The molecule has 1 aromatic carbocycles. The normalized spacial score (nSPS) is 25.2. The Morgan fingerprint density at radius 1 is 1.12 bits per heavy atom. The summed E-state index contributed by atoms with van der Waals surface area (Å²) in [6.07, 6.45) is 3.19. The van der Waals surface area contributed by atoms with Crippen molar-refractivity contribution >= 4 is 11.6 Å². The highest BCUT2D eigenvalue weighted by Crippen LogP contribution is 2.43. The number of nitrogens with zero attached hydrogens (tertiary/aromatic N) is 6. The third kappa shape index (κ3) is 5.06. The van der Waals surface area contributed by atoms with Crippen LogP contribution >= 0.6 is 0 Å². The number of nitrogens with one attached hydrogen (secondary N) is 2. The fraction of sp³-hybridized carbons (Fsp3) is 0.652. The molecule has 1 unspecified atom stereocenters. The van der Waals surface area contributed by atoms with Crippen molar-refractivity contribution in [3.05, 3.63) is 35.9 Å². The fourth-order valence-corrected chi connectivity index (χ4v) is 5.65. The number of piperazine rings is 1. The number of hydrogen-bond donors (Lipinski definition) is 3. The molecule has 11 heteroatoms. The Bertz CT molecular complexity index is 940. The van der Waals surface area contributed by atoms with E-state index in [4.69, 9.17) is 0 Å². The fourth-order valence-electron chi connectivity index (χ4n) is 5.65. The van der Waals surface area contributed by atoms with E-state index in [1.165, 1.54) is 12.1 Å². The molecule has 10 nitrogen and oxygen atoms in total. The molecule has 1 aromatic heterocycles. The van der Waals surface area contributed by atoms with Gasteiger partial charge in [-0.25, -0.2) is 9.49 Å². The minimum Gasteiger partial charge on any atom is -0.378 e. The number of aliphatic hydroxyl groups excluding tert-OH is 1. The van der Waals surface area contributed by atoms with E-state index in [-0.39, 0.29) is 29.6 Å². The predicted octanol–water partition coefficient (Wildman–Crippen LogP) is 0.383. The Morgan fingerprint density at radius 2 is 1.85 bits per heavy atom. The van der Waals surface area contributed by atoms with E-state index in [0.29, 0.717) is 18.9 Å². The minimum absolute atomic E-state index is 0.0187. The van der Waals surface area contributed by atoms with E-state index in [1.54, 1.807) is 0 Å². The number of aliphatic hydroxyl groups is 1. The molecule has 1 spiro atoms. The van der Waals surface area contributed by atoms with Crippen LogP contribution in [0.25, 0.3) is 0 Å². The number of likely N-dealkylation sites (tertiary alicyclic amines) is 1. The third-order valence-electron chi connectivity index (χ3n) is 7.80. The summed E-state index contributed by atoms with van der Waals surface area (Å²) in [6.45, 7) is 6.13. The summed E-state index contributed by atoms with van der Waals surface area (Å²) >= 11 is 0. The molecule has 4 heterocycles. The first-order chi connectivity index (χ1) is 16.5. The molecular formula is C23H33FN8O2. The molecule has 3 aliphatic rings. The number of rotatable bonds is 6. The number of H-pyrrole nitrogens is 1. The maximum Gasteiger partial charge on any atom is 0.230 e. The number of aromatic amines is 1. The number of tetrazole rings is 1. The van der Waals surface area contributed by atoms with Gasteiger partial charge < -0.3 is 14.9 Å². The first-order valence-electron chi connectivity index (χ1n) is 12.2. The van der Waals surface area contributed by atoms with Gasteiger partial charge in [-0.05, 0) is 66.9 Å². The maximum absolute atomic E-state index is 13.2. The van der Waals surface area contributed by atoms with Gasteiger partial charge in [-0.3, -0.25) is 15.0 Å². The van der Waals surface area contributed by atoms with Gasteiger partial charge in [0.25, 0.3) is 0 Å². The first-order valence-corrected chi connectivity index (χ1v) is 12.2. The number of carbonyl (C=O) groups is 1. The van der Waals surface area contributed by atoms with Gasteiger partial charge in [0.15, 0.2) is 5.82 Å². The summed E-state index contributed by atoms with van der Waals surface area (Å²) in [5, 5.41) is 27.7. The lowest BCUT2D eigenvalue weighted by molar-refractivity contribution is -0.134. The Hall–Kier alpha value is -2.63. The third-order valence-corrected chi connectivity index (χ3v) is 7.80. The average Bonchev–Trinajstić information content (AvgIpc) is 3.47. The largest absolute Gasteiger partial charge is 0.378 e. The second-order valence-corrected chi connectivity index (χ2v) is 9.83. The summed E-state index contributed by atoms with van der Waals surface area (Å²) in [4.78, 5) is 19.2. The van der Waals surface area contributed by atoms with E-state index in [1.807, 2.05) is 17.0 Å². The van der Waals surface area contributed by atoms with Crippen LogP contribution in [0, 0.1) is 11.2 Å². The Morgan fingerprint density at radius 3 is 2.53 bits per heavy atom. The summed E-state index contributed by atoms with van der Waals surface area (Å²) < 4.78 is 13.2. The molecule has 2 atom stereocenters. The molecule has 3 fully saturated rings. The number of benzene rings is 1. The number of amides is 1. The molecule has 184 valence electrons. The lowest BCUT2D eigenvalue weighted by Crippen LogP contribution is -2.48. The number of anilines is 1. The highest BCUT2D eigenvalue weighted by molar-refractivity contribution is 5.78. The van der Waals surface area contributed by atoms with Crippen LogP contribution in [-0.2, 0) is 11.2 Å². The number of hydrogen-bond acceptors (Lipinski definition) is 8. The average molecular weight is 473 g/mol. The van der Waals surface area contributed by atoms with Crippen molar-refractivity contribution < 1.29 is 14.3 Å². The van der Waals surface area contributed by atoms with Gasteiger partial charge in [0, 0.05) is 56.4 Å². The summed E-state index contributed by atoms with van der Waals surface area (Å²) in [5.41, 5.74) is 0.919. The Labute approximate surface area is 198 Å². The second-order valence-electron chi connectivity index (χ2n) is 9.83. The van der Waals surface area contributed by atoms with Crippen LogP contribution in [0.2, 0.25) is 0 Å². The van der Waals surface area contributed by atoms with Crippen LogP contribution in [0.1, 0.15) is 31.5 Å². The minimum atomic E-state index is -0.524. The molecule has 5 rings (SSSR count). The van der Waals surface area contributed by atoms with Gasteiger partial charge in [-0.2, -0.15) is 0 Å². The topological polar surface area (TPSA) is 114 Å². The van der Waals surface area contributed by atoms with E-state index >= 15 is 0 Å². The highest BCUT2D eigenvalue weighted by Gasteiger charge is 2.48. The van der Waals surface area contributed by atoms with Crippen molar-refractivity contribution in [2.24, 2.45) is 5.41 Å². The Balaban J connectivity index is 1.05. The molecular weight excluding hydrogens is 439 g/mol. The monoisotopic (exact) mass is 472 g/mol. The van der Waals surface area contributed by atoms with Gasteiger partial charge in [-0.1, -0.05) is 0 Å². The maximum atomic E-state index is 13.2. The van der Waals surface area contributed by atoms with Crippen LogP contribution in [0.3, 0.4) is 0 Å². The van der Waals surface area contributed by atoms with Crippen LogP contribution in [0.5, 0.6) is 0 Å². The van der Waals surface area contributed by atoms with E-state index in [0.717, 1.165) is 64.1 Å². The van der Waals surface area contributed by atoms with E-state index < -0.39 is 6.23 Å². The molecule has 0 aliphatic carbocycles. The molecule has 3 aliphatic heterocycles. The molecule has 0 bridgehead atoms. The zero-order valence-corrected chi connectivity index (χ0v) is 19.4. The quantitative estimate of drug-likeness (QED) is 0.553. The number of carbonyl (C=O) groups excluding carboxylic acids is 1. The van der Waals surface area contributed by atoms with Gasteiger partial charge in [0.05, 0.1) is 6.42 Å². The standard InChI is InChI=1S/C23H33FN8O2/c24-17-1-3-19(4-2-17)31-13-11-30(12-14-31)8-5-18-16-23(22(34)25-18)6-9-32(10-7-23)21(33)15-20-26-28-29-27-20/h1-4,18,22,25,34H,5-16H2,(H,26,27,28,29)/t18-,22?/m0/s1. The molecule has 2 aromatic rings. The van der Waals surface area contributed by atoms with Gasteiger partial charge >= 0.3 is 0 Å². The number of piperidine rings is 1. The van der Waals surface area contributed by atoms with Crippen molar-refractivity contribution in [1.82, 2.24) is 35.7 Å². The molecule has 0 radical (unpaired) electrons. The van der Waals surface area contributed by atoms with E-state index in [9.17, 15) is 14.3 Å². The van der Waals surface area contributed by atoms with Crippen LogP contribution < -0.4 is 10.2 Å². The van der Waals surface area contributed by atoms with Crippen molar-refractivity contribution in [1.29, 1.82) is 0 Å². The second kappa shape index (κ2) is 9.93. The molecule has 1 amide bonds. The van der Waals surface area contributed by atoms with E-state index in [2.05, 4.69) is 35.7 Å². The summed E-state index contributed by atoms with van der Waals surface area (Å²) in [6, 6.07) is 7.01. The lowest BCUT2D eigenvalue weighted by Gasteiger charge is -2.41. The molecule has 0 saturated carbocycles. The summed E-state index contributed by atoms with van der Waals surface area (Å²) in [7, 11) is 0. The van der Waals surface area contributed by atoms with Crippen LogP contribution in [-0.4, -0.2) is 99.5 Å². The zero-order valence-electron chi connectivity index (χ0n) is 19.4. The van der Waals surface area contributed by atoms with Gasteiger partial charge in [0.2, 0.25) is 5.91 Å². The van der Waals surface area contributed by atoms with Crippen molar-refractivity contribution in [3.63, 3.8) is 0 Å². The Kier molecular flexibility index (Phi) is 6.75.